The number of nitrogens with zero attached hydrogens (tertiary/aromatic N) is 2. The van der Waals surface area contributed by atoms with E-state index in [2.05, 4.69) is 15.3 Å². The molecule has 7 rings (SSSR count). The van der Waals surface area contributed by atoms with Crippen LogP contribution in [0.15, 0.2) is 35.5 Å². The summed E-state index contributed by atoms with van der Waals surface area (Å²) in [5.41, 5.74) is 3.57. The summed E-state index contributed by atoms with van der Waals surface area (Å²) in [6, 6.07) is 6.58. The number of benzene rings is 1. The number of ketones is 1. The summed E-state index contributed by atoms with van der Waals surface area (Å²) in [6.07, 6.45) is 10.1. The van der Waals surface area contributed by atoms with Crippen molar-refractivity contribution in [3.63, 3.8) is 0 Å². The van der Waals surface area contributed by atoms with E-state index in [1.54, 1.807) is 18.3 Å². The third-order valence-corrected chi connectivity index (χ3v) is 8.04. The highest BCUT2D eigenvalue weighted by Crippen LogP contribution is 2.56. The molecular weight excluding hydrogens is 405 g/mol. The fourth-order valence-electron chi connectivity index (χ4n) is 6.84. The largest absolute Gasteiger partial charge is 0.390 e. The molecule has 0 amide bonds. The van der Waals surface area contributed by atoms with E-state index >= 15 is 0 Å². The number of aliphatic hydroxyl groups is 1. The topological polar surface area (TPSA) is 74.6 Å². The van der Waals surface area contributed by atoms with E-state index < -0.39 is 5.60 Å². The van der Waals surface area contributed by atoms with Crippen LogP contribution in [0, 0.1) is 23.6 Å². The fraction of sp³-hybridized carbons (Fsp3) is 0.500. The summed E-state index contributed by atoms with van der Waals surface area (Å²) < 4.78 is 13.2. The Bertz CT molecular complexity index is 1080. The minimum atomic E-state index is -0.485. The number of aryl methyl sites for hydroxylation is 1. The predicted molar refractivity (Wildman–Crippen MR) is 121 cm³/mol. The molecular formula is C26H28FN3O2. The highest BCUT2D eigenvalue weighted by Gasteiger charge is 2.55. The van der Waals surface area contributed by atoms with Crippen molar-refractivity contribution in [2.24, 2.45) is 22.7 Å². The van der Waals surface area contributed by atoms with Crippen molar-refractivity contribution in [3.8, 4) is 0 Å². The van der Waals surface area contributed by atoms with Crippen molar-refractivity contribution in [1.82, 2.24) is 4.98 Å². The van der Waals surface area contributed by atoms with E-state index in [1.807, 2.05) is 6.21 Å². The number of carbonyl (C=O) groups is 1. The summed E-state index contributed by atoms with van der Waals surface area (Å²) >= 11 is 0. The van der Waals surface area contributed by atoms with Crippen LogP contribution >= 0.6 is 0 Å². The van der Waals surface area contributed by atoms with E-state index in [9.17, 15) is 14.3 Å². The van der Waals surface area contributed by atoms with Gasteiger partial charge in [-0.15, -0.1) is 0 Å². The molecule has 1 aromatic carbocycles. The third-order valence-electron chi connectivity index (χ3n) is 8.04. The average Bonchev–Trinajstić information content (AvgIpc) is 3.24. The molecule has 2 heterocycles. The lowest BCUT2D eigenvalue weighted by molar-refractivity contribution is -0.129. The van der Waals surface area contributed by atoms with Crippen molar-refractivity contribution in [1.29, 1.82) is 0 Å². The average molecular weight is 434 g/mol. The van der Waals surface area contributed by atoms with Crippen molar-refractivity contribution < 1.29 is 14.3 Å². The third kappa shape index (κ3) is 3.45. The van der Waals surface area contributed by atoms with E-state index in [0.29, 0.717) is 42.6 Å². The maximum Gasteiger partial charge on any atom is 0.166 e. The van der Waals surface area contributed by atoms with Gasteiger partial charge in [-0.25, -0.2) is 4.39 Å². The Kier molecular flexibility index (Phi) is 4.68. The molecule has 4 bridgehead atoms. The lowest BCUT2D eigenvalue weighted by atomic mass is 9.52. The van der Waals surface area contributed by atoms with Crippen LogP contribution in [0.25, 0.3) is 0 Å². The first-order chi connectivity index (χ1) is 15.5. The molecule has 4 aliphatic carbocycles. The molecule has 3 unspecified atom stereocenters. The number of pyridine rings is 1. The molecule has 5 nitrogen and oxygen atoms in total. The van der Waals surface area contributed by atoms with Crippen LogP contribution < -0.4 is 5.32 Å². The molecule has 2 N–H and O–H groups in total. The standard InChI is InChI=1S/C26H28FN3O2/c27-19-4-1-15(2-5-19)3-6-22(31)20-14-29-21-7-8-28-25(21)24(20)30-23-17-9-16-10-18(23)13-26(32,11-16)12-17/h1-2,4-5,8,14,16-18,23,32H,3,6-7,9-13H2,(H,29,30)/t16?,17-,18+,23?,26?. The summed E-state index contributed by atoms with van der Waals surface area (Å²) in [4.78, 5) is 22.4. The highest BCUT2D eigenvalue weighted by atomic mass is 19.1. The molecule has 6 heteroatoms. The second kappa shape index (κ2) is 7.48. The van der Waals surface area contributed by atoms with Gasteiger partial charge >= 0.3 is 0 Å². The molecule has 4 fully saturated rings. The van der Waals surface area contributed by atoms with Gasteiger partial charge in [-0.05, 0) is 74.0 Å². The van der Waals surface area contributed by atoms with Crippen molar-refractivity contribution in [2.75, 3.05) is 5.32 Å². The molecule has 166 valence electrons. The second-order valence-corrected chi connectivity index (χ2v) is 10.3. The van der Waals surface area contributed by atoms with Crippen LogP contribution in [0.5, 0.6) is 0 Å². The lowest BCUT2D eigenvalue weighted by Gasteiger charge is -2.58. The monoisotopic (exact) mass is 433 g/mol. The first-order valence-electron chi connectivity index (χ1n) is 11.8. The number of nitrogens with one attached hydrogen (secondary N) is 1. The van der Waals surface area contributed by atoms with Gasteiger partial charge in [0.25, 0.3) is 0 Å². The maximum absolute atomic E-state index is 13.3. The second-order valence-electron chi connectivity index (χ2n) is 10.3. The van der Waals surface area contributed by atoms with Gasteiger partial charge in [-0.1, -0.05) is 12.1 Å². The Hall–Kier alpha value is -2.60. The summed E-state index contributed by atoms with van der Waals surface area (Å²) in [6.45, 7) is 0. The number of rotatable bonds is 6. The van der Waals surface area contributed by atoms with E-state index in [-0.39, 0.29) is 17.6 Å². The number of aromatic nitrogens is 1. The molecule has 1 aromatic heterocycles. The van der Waals surface area contributed by atoms with Gasteiger partial charge in [0.05, 0.1) is 22.5 Å². The Morgan fingerprint density at radius 2 is 1.91 bits per heavy atom. The minimum Gasteiger partial charge on any atom is -0.390 e. The van der Waals surface area contributed by atoms with E-state index in [4.69, 9.17) is 0 Å². The summed E-state index contributed by atoms with van der Waals surface area (Å²) in [5, 5.41) is 14.7. The van der Waals surface area contributed by atoms with Gasteiger partial charge in [0.1, 0.15) is 11.5 Å². The van der Waals surface area contributed by atoms with Crippen LogP contribution in [0.4, 0.5) is 15.8 Å². The van der Waals surface area contributed by atoms with Crippen molar-refractivity contribution in [3.05, 3.63) is 53.1 Å². The molecule has 1 aliphatic heterocycles. The first kappa shape index (κ1) is 20.0. The zero-order chi connectivity index (χ0) is 21.9. The van der Waals surface area contributed by atoms with E-state index in [0.717, 1.165) is 54.7 Å². The molecule has 0 spiro atoms. The summed E-state index contributed by atoms with van der Waals surface area (Å²) in [5.74, 6) is 1.25. The van der Waals surface area contributed by atoms with Gasteiger partial charge in [-0.2, -0.15) is 0 Å². The summed E-state index contributed by atoms with van der Waals surface area (Å²) in [7, 11) is 0. The molecule has 4 saturated carbocycles. The number of hydrogen-bond donors (Lipinski definition) is 2. The maximum atomic E-state index is 13.3. The Balaban J connectivity index is 1.27. The SMILES string of the molecule is O=C(CCc1ccc(F)cc1)c1cnc2c(c1NC1[C@@H]3CC4C[C@H]1CC(O)(C4)C3)N=CC2. The van der Waals surface area contributed by atoms with Gasteiger partial charge in [0, 0.05) is 31.3 Å². The first-order valence-corrected chi connectivity index (χ1v) is 11.8. The number of halogens is 1. The van der Waals surface area contributed by atoms with Gasteiger partial charge in [0.15, 0.2) is 5.78 Å². The van der Waals surface area contributed by atoms with Crippen molar-refractivity contribution >= 4 is 23.4 Å². The molecule has 0 saturated heterocycles. The van der Waals surface area contributed by atoms with Crippen LogP contribution in [-0.2, 0) is 12.8 Å². The number of anilines is 1. The van der Waals surface area contributed by atoms with Gasteiger partial charge in [0.2, 0.25) is 0 Å². The van der Waals surface area contributed by atoms with Crippen LogP contribution in [0.1, 0.15) is 60.1 Å². The number of Topliss-reactive ketones (excluding diaryl/α,β-unsaturated/α-hetero) is 1. The Labute approximate surface area is 187 Å². The lowest BCUT2D eigenvalue weighted by Crippen LogP contribution is -2.59. The van der Waals surface area contributed by atoms with Crippen LogP contribution in [0.2, 0.25) is 0 Å². The van der Waals surface area contributed by atoms with Gasteiger partial charge < -0.3 is 10.4 Å². The van der Waals surface area contributed by atoms with Gasteiger partial charge in [-0.3, -0.25) is 14.8 Å². The quantitative estimate of drug-likeness (QED) is 0.651. The highest BCUT2D eigenvalue weighted by molar-refractivity contribution is 6.04. The molecule has 2 aromatic rings. The number of fused-ring (bicyclic) bond motifs is 1. The minimum absolute atomic E-state index is 0.0247. The predicted octanol–water partition coefficient (Wildman–Crippen LogP) is 4.65. The zero-order valence-corrected chi connectivity index (χ0v) is 18.1. The molecule has 5 aliphatic rings. The van der Waals surface area contributed by atoms with Crippen LogP contribution in [0.3, 0.4) is 0 Å². The number of hydrogen-bond acceptors (Lipinski definition) is 5. The smallest absolute Gasteiger partial charge is 0.166 e. The number of carbonyl (C=O) groups excluding carboxylic acids is 1. The Morgan fingerprint density at radius 1 is 1.16 bits per heavy atom. The normalized spacial score (nSPS) is 31.7. The number of aliphatic imine (C=N–C) groups is 1. The van der Waals surface area contributed by atoms with Crippen LogP contribution in [-0.4, -0.2) is 33.7 Å². The van der Waals surface area contributed by atoms with Crippen molar-refractivity contribution in [2.45, 2.75) is 63.0 Å². The molecule has 0 radical (unpaired) electrons. The fourth-order valence-corrected chi connectivity index (χ4v) is 6.84. The zero-order valence-electron chi connectivity index (χ0n) is 18.1. The Morgan fingerprint density at radius 3 is 2.62 bits per heavy atom. The molecule has 5 atom stereocenters. The van der Waals surface area contributed by atoms with E-state index in [1.165, 1.54) is 12.1 Å². The molecule has 32 heavy (non-hydrogen) atoms.